The standard InChI is InChI=1S/C17H23N3OS3/c1-6-22-16-19-20-17(24-16)23-12(5)15(21)18-14-11(4)8-7-9-13(14)10(2)3/h7-10,12H,6H2,1-5H3,(H,18,21)/t12-/m0/s1. The van der Waals surface area contributed by atoms with Crippen molar-refractivity contribution in [2.24, 2.45) is 0 Å². The third kappa shape index (κ3) is 4.97. The second kappa shape index (κ2) is 8.87. The van der Waals surface area contributed by atoms with Crippen molar-refractivity contribution in [1.29, 1.82) is 0 Å². The molecule has 24 heavy (non-hydrogen) atoms. The number of benzene rings is 1. The highest BCUT2D eigenvalue weighted by molar-refractivity contribution is 8.03. The van der Waals surface area contributed by atoms with Crippen molar-refractivity contribution in [3.63, 3.8) is 0 Å². The van der Waals surface area contributed by atoms with Crippen LogP contribution in [0.2, 0.25) is 0 Å². The predicted molar refractivity (Wildman–Crippen MR) is 106 cm³/mol. The summed E-state index contributed by atoms with van der Waals surface area (Å²) in [7, 11) is 0. The van der Waals surface area contributed by atoms with E-state index in [9.17, 15) is 4.79 Å². The number of hydrogen-bond donors (Lipinski definition) is 1. The first-order chi connectivity index (χ1) is 11.4. The zero-order chi connectivity index (χ0) is 17.7. The average molecular weight is 382 g/mol. The van der Waals surface area contributed by atoms with Crippen LogP contribution >= 0.6 is 34.9 Å². The molecule has 1 atom stereocenters. The number of nitrogens with one attached hydrogen (secondary N) is 1. The lowest BCUT2D eigenvalue weighted by Gasteiger charge is -2.18. The van der Waals surface area contributed by atoms with Gasteiger partial charge in [0.1, 0.15) is 0 Å². The van der Waals surface area contributed by atoms with Gasteiger partial charge in [-0.15, -0.1) is 10.2 Å². The van der Waals surface area contributed by atoms with Gasteiger partial charge in [0, 0.05) is 5.69 Å². The second-order valence-electron chi connectivity index (χ2n) is 5.71. The Morgan fingerprint density at radius 2 is 1.96 bits per heavy atom. The molecule has 0 aliphatic heterocycles. The van der Waals surface area contributed by atoms with E-state index in [2.05, 4.69) is 42.4 Å². The first kappa shape index (κ1) is 19.3. The lowest BCUT2D eigenvalue weighted by atomic mass is 9.98. The molecule has 4 nitrogen and oxygen atoms in total. The first-order valence-electron chi connectivity index (χ1n) is 7.95. The maximum Gasteiger partial charge on any atom is 0.237 e. The van der Waals surface area contributed by atoms with Crippen molar-refractivity contribution < 1.29 is 4.79 Å². The quantitative estimate of drug-likeness (QED) is 0.668. The molecule has 1 amide bonds. The van der Waals surface area contributed by atoms with Gasteiger partial charge in [0.05, 0.1) is 5.25 Å². The molecule has 2 aromatic rings. The molecule has 0 unspecified atom stereocenters. The van der Waals surface area contributed by atoms with E-state index in [1.54, 1.807) is 23.1 Å². The Morgan fingerprint density at radius 1 is 1.25 bits per heavy atom. The lowest BCUT2D eigenvalue weighted by Crippen LogP contribution is -2.23. The van der Waals surface area contributed by atoms with Gasteiger partial charge >= 0.3 is 0 Å². The number of hydrogen-bond acceptors (Lipinski definition) is 6. The van der Waals surface area contributed by atoms with Gasteiger partial charge in [0.25, 0.3) is 0 Å². The van der Waals surface area contributed by atoms with Crippen LogP contribution in [0.5, 0.6) is 0 Å². The summed E-state index contributed by atoms with van der Waals surface area (Å²) in [6.45, 7) is 10.3. The zero-order valence-electron chi connectivity index (χ0n) is 14.6. The summed E-state index contributed by atoms with van der Waals surface area (Å²) in [5.74, 6) is 1.33. The van der Waals surface area contributed by atoms with Crippen molar-refractivity contribution in [1.82, 2.24) is 10.2 Å². The molecule has 0 bridgehead atoms. The molecule has 0 fully saturated rings. The van der Waals surface area contributed by atoms with Crippen LogP contribution in [-0.4, -0.2) is 27.1 Å². The Labute approximate surface area is 156 Å². The molecule has 0 spiro atoms. The average Bonchev–Trinajstić information content (AvgIpc) is 2.96. The minimum absolute atomic E-state index is 0.00362. The van der Waals surface area contributed by atoms with Crippen molar-refractivity contribution in [2.45, 2.75) is 54.5 Å². The maximum atomic E-state index is 12.6. The largest absolute Gasteiger partial charge is 0.325 e. The molecule has 1 N–H and O–H groups in total. The highest BCUT2D eigenvalue weighted by atomic mass is 32.2. The van der Waals surface area contributed by atoms with Crippen LogP contribution in [-0.2, 0) is 4.79 Å². The fourth-order valence-electron chi connectivity index (χ4n) is 2.20. The van der Waals surface area contributed by atoms with Crippen LogP contribution in [0.25, 0.3) is 0 Å². The molecule has 0 saturated carbocycles. The molecule has 7 heteroatoms. The van der Waals surface area contributed by atoms with Gasteiger partial charge in [0.15, 0.2) is 8.68 Å². The third-order valence-corrected chi connectivity index (χ3v) is 6.60. The topological polar surface area (TPSA) is 54.9 Å². The Kier molecular flexibility index (Phi) is 7.13. The van der Waals surface area contributed by atoms with Crippen molar-refractivity contribution in [2.75, 3.05) is 11.1 Å². The fourth-order valence-corrected chi connectivity index (χ4v) is 5.26. The smallest absolute Gasteiger partial charge is 0.237 e. The Hall–Kier alpha value is -1.05. The number of para-hydroxylation sites is 1. The highest BCUT2D eigenvalue weighted by Gasteiger charge is 2.19. The van der Waals surface area contributed by atoms with Gasteiger partial charge < -0.3 is 5.32 Å². The number of aromatic nitrogens is 2. The van der Waals surface area contributed by atoms with E-state index in [0.717, 1.165) is 31.2 Å². The van der Waals surface area contributed by atoms with Crippen molar-refractivity contribution in [3.8, 4) is 0 Å². The van der Waals surface area contributed by atoms with Gasteiger partial charge in [-0.1, -0.05) is 73.8 Å². The van der Waals surface area contributed by atoms with E-state index >= 15 is 0 Å². The molecule has 2 rings (SSSR count). The zero-order valence-corrected chi connectivity index (χ0v) is 17.1. The van der Waals surface area contributed by atoms with E-state index in [1.807, 2.05) is 26.0 Å². The Balaban J connectivity index is 2.06. The maximum absolute atomic E-state index is 12.6. The molecular formula is C17H23N3OS3. The number of thioether (sulfide) groups is 2. The van der Waals surface area contributed by atoms with Gasteiger partial charge in [-0.2, -0.15) is 0 Å². The third-order valence-electron chi connectivity index (χ3n) is 3.48. The first-order valence-corrected chi connectivity index (χ1v) is 10.6. The number of anilines is 1. The van der Waals surface area contributed by atoms with E-state index in [1.165, 1.54) is 11.8 Å². The summed E-state index contributed by atoms with van der Waals surface area (Å²) < 4.78 is 1.79. The Bertz CT molecular complexity index is 700. The molecule has 0 radical (unpaired) electrons. The van der Waals surface area contributed by atoms with Crippen molar-refractivity contribution >= 4 is 46.5 Å². The molecule has 1 aromatic carbocycles. The monoisotopic (exact) mass is 381 g/mol. The van der Waals surface area contributed by atoms with Crippen LogP contribution in [0.4, 0.5) is 5.69 Å². The van der Waals surface area contributed by atoms with Crippen LogP contribution in [0, 0.1) is 6.92 Å². The molecule has 1 heterocycles. The number of nitrogens with zero attached hydrogens (tertiary/aromatic N) is 2. The van der Waals surface area contributed by atoms with Crippen LogP contribution in [0.15, 0.2) is 26.9 Å². The number of carbonyl (C=O) groups is 1. The molecule has 0 aliphatic carbocycles. The lowest BCUT2D eigenvalue weighted by molar-refractivity contribution is -0.115. The van der Waals surface area contributed by atoms with E-state index in [0.29, 0.717) is 5.92 Å². The van der Waals surface area contributed by atoms with Gasteiger partial charge in [-0.3, -0.25) is 4.79 Å². The highest BCUT2D eigenvalue weighted by Crippen LogP contribution is 2.32. The van der Waals surface area contributed by atoms with Crippen LogP contribution < -0.4 is 5.32 Å². The minimum atomic E-state index is -0.225. The van der Waals surface area contributed by atoms with E-state index in [-0.39, 0.29) is 11.2 Å². The van der Waals surface area contributed by atoms with E-state index < -0.39 is 0 Å². The second-order valence-corrected chi connectivity index (χ2v) is 9.79. The number of amides is 1. The summed E-state index contributed by atoms with van der Waals surface area (Å²) in [6, 6.07) is 6.13. The van der Waals surface area contributed by atoms with Gasteiger partial charge in [-0.05, 0) is 36.6 Å². The molecule has 0 aliphatic rings. The summed E-state index contributed by atoms with van der Waals surface area (Å²) in [6.07, 6.45) is 0. The normalized spacial score (nSPS) is 12.4. The summed E-state index contributed by atoms with van der Waals surface area (Å²) in [4.78, 5) is 12.6. The molecule has 1 aromatic heterocycles. The number of carbonyl (C=O) groups excluding carboxylic acids is 1. The summed E-state index contributed by atoms with van der Waals surface area (Å²) >= 11 is 4.67. The molecule has 0 saturated heterocycles. The van der Waals surface area contributed by atoms with Crippen molar-refractivity contribution in [3.05, 3.63) is 29.3 Å². The van der Waals surface area contributed by atoms with Crippen LogP contribution in [0.1, 0.15) is 44.7 Å². The molecular weight excluding hydrogens is 358 g/mol. The SMILES string of the molecule is CCSc1nnc(S[C@@H](C)C(=O)Nc2c(C)cccc2C(C)C)s1. The fraction of sp³-hybridized carbons (Fsp3) is 0.471. The molecule has 130 valence electrons. The van der Waals surface area contributed by atoms with E-state index in [4.69, 9.17) is 0 Å². The summed E-state index contributed by atoms with van der Waals surface area (Å²) in [5.41, 5.74) is 3.19. The van der Waals surface area contributed by atoms with Gasteiger partial charge in [0.2, 0.25) is 5.91 Å². The van der Waals surface area contributed by atoms with Gasteiger partial charge in [-0.25, -0.2) is 0 Å². The number of aryl methyl sites for hydroxylation is 1. The summed E-state index contributed by atoms with van der Waals surface area (Å²) in [5, 5.41) is 11.2. The predicted octanol–water partition coefficient (Wildman–Crippen LogP) is 5.20. The van der Waals surface area contributed by atoms with Crippen LogP contribution in [0.3, 0.4) is 0 Å². The minimum Gasteiger partial charge on any atom is -0.325 e. The number of rotatable bonds is 7. The Morgan fingerprint density at radius 3 is 2.62 bits per heavy atom.